The summed E-state index contributed by atoms with van der Waals surface area (Å²) in [4.78, 5) is 17.9. The number of benzene rings is 2. The van der Waals surface area contributed by atoms with E-state index in [1.807, 2.05) is 49.4 Å². The first-order chi connectivity index (χ1) is 11.7. The summed E-state index contributed by atoms with van der Waals surface area (Å²) in [5.41, 5.74) is 2.19. The van der Waals surface area contributed by atoms with Crippen molar-refractivity contribution in [3.05, 3.63) is 70.3 Å². The normalized spacial score (nSPS) is 25.0. The summed E-state index contributed by atoms with van der Waals surface area (Å²) in [7, 11) is 0. The van der Waals surface area contributed by atoms with E-state index >= 15 is 0 Å². The molecule has 5 heteroatoms. The molecule has 0 bridgehead atoms. The van der Waals surface area contributed by atoms with Crippen LogP contribution in [-0.4, -0.2) is 22.3 Å². The molecule has 1 saturated heterocycles. The minimum Gasteiger partial charge on any atom is -0.340 e. The van der Waals surface area contributed by atoms with Crippen molar-refractivity contribution >= 4 is 10.9 Å². The topological polar surface area (TPSA) is 53.4 Å². The summed E-state index contributed by atoms with van der Waals surface area (Å²) < 4.78 is 14.0. The van der Waals surface area contributed by atoms with Crippen molar-refractivity contribution < 1.29 is 9.47 Å². The molecule has 0 N–H and O–H groups in total. The van der Waals surface area contributed by atoms with Gasteiger partial charge in [0.1, 0.15) is 0 Å². The minimum absolute atomic E-state index is 0.0294. The van der Waals surface area contributed by atoms with Crippen LogP contribution in [-0.2, 0) is 15.3 Å². The molecule has 2 unspecified atom stereocenters. The number of para-hydroxylation sites is 2. The van der Waals surface area contributed by atoms with Crippen LogP contribution in [0, 0.1) is 0 Å². The Morgan fingerprint density at radius 1 is 1.17 bits per heavy atom. The molecule has 0 saturated carbocycles. The maximum atomic E-state index is 13.1. The van der Waals surface area contributed by atoms with Gasteiger partial charge in [0.2, 0.25) is 0 Å². The van der Waals surface area contributed by atoms with Crippen LogP contribution in [0.2, 0.25) is 0 Å². The molecule has 1 aromatic heterocycles. The highest BCUT2D eigenvalue weighted by Gasteiger charge is 2.51. The van der Waals surface area contributed by atoms with Gasteiger partial charge in [0.05, 0.1) is 29.3 Å². The summed E-state index contributed by atoms with van der Waals surface area (Å²) in [6, 6.07) is 15.1. The van der Waals surface area contributed by atoms with Gasteiger partial charge in [-0.2, -0.15) is 0 Å². The molecule has 24 heavy (non-hydrogen) atoms. The highest BCUT2D eigenvalue weighted by atomic mass is 16.7. The van der Waals surface area contributed by atoms with Gasteiger partial charge in [-0.05, 0) is 31.5 Å². The van der Waals surface area contributed by atoms with E-state index in [1.54, 1.807) is 10.6 Å². The lowest BCUT2D eigenvalue weighted by Gasteiger charge is -2.37. The molecular weight excluding hydrogens is 304 g/mol. The molecule has 3 heterocycles. The predicted molar refractivity (Wildman–Crippen MR) is 89.2 cm³/mol. The molecule has 2 aliphatic heterocycles. The van der Waals surface area contributed by atoms with Gasteiger partial charge in [-0.15, -0.1) is 0 Å². The van der Waals surface area contributed by atoms with Crippen molar-refractivity contribution in [3.63, 3.8) is 0 Å². The Labute approximate surface area is 138 Å². The molecule has 5 rings (SSSR count). The Hall–Kier alpha value is -2.50. The fourth-order valence-electron chi connectivity index (χ4n) is 3.65. The van der Waals surface area contributed by atoms with Gasteiger partial charge in [-0.3, -0.25) is 9.36 Å². The van der Waals surface area contributed by atoms with E-state index in [-0.39, 0.29) is 11.7 Å². The van der Waals surface area contributed by atoms with Gasteiger partial charge in [0, 0.05) is 5.56 Å². The lowest BCUT2D eigenvalue weighted by atomic mass is 10.0. The highest BCUT2D eigenvalue weighted by molar-refractivity contribution is 5.78. The third-order valence-electron chi connectivity index (χ3n) is 4.77. The first-order valence-electron chi connectivity index (χ1n) is 8.15. The van der Waals surface area contributed by atoms with E-state index in [0.29, 0.717) is 23.3 Å². The monoisotopic (exact) mass is 320 g/mol. The molecule has 1 fully saturated rings. The molecule has 2 aromatic carbocycles. The predicted octanol–water partition coefficient (Wildman–Crippen LogP) is 2.73. The smallest absolute Gasteiger partial charge is 0.266 e. The fraction of sp³-hybridized carbons (Fsp3) is 0.263. The van der Waals surface area contributed by atoms with Crippen molar-refractivity contribution in [1.29, 1.82) is 0 Å². The molecule has 2 aliphatic rings. The summed E-state index contributed by atoms with van der Waals surface area (Å²) in [6.07, 6.45) is 0.851. The van der Waals surface area contributed by atoms with Gasteiger partial charge < -0.3 is 9.47 Å². The molecule has 120 valence electrons. The molecular formula is C19H16N2O3. The highest BCUT2D eigenvalue weighted by Crippen LogP contribution is 2.46. The number of hydrogen-bond acceptors (Lipinski definition) is 4. The molecule has 1 spiro atoms. The Morgan fingerprint density at radius 3 is 2.83 bits per heavy atom. The molecule has 5 nitrogen and oxygen atoms in total. The van der Waals surface area contributed by atoms with Crippen molar-refractivity contribution in [2.24, 2.45) is 0 Å². The summed E-state index contributed by atoms with van der Waals surface area (Å²) in [5.74, 6) is -0.587. The number of aromatic nitrogens is 2. The average molecular weight is 320 g/mol. The van der Waals surface area contributed by atoms with Crippen LogP contribution >= 0.6 is 0 Å². The van der Waals surface area contributed by atoms with Crippen LogP contribution < -0.4 is 5.56 Å². The summed E-state index contributed by atoms with van der Waals surface area (Å²) in [6.45, 7) is 2.59. The SMILES string of the molecule is CC1CCOC2(O1)c1ccccc1-n1c2nc2ccccc2c1=O. The maximum Gasteiger partial charge on any atom is 0.266 e. The van der Waals surface area contributed by atoms with Crippen LogP contribution in [0.4, 0.5) is 0 Å². The van der Waals surface area contributed by atoms with Crippen LogP contribution in [0.5, 0.6) is 0 Å². The van der Waals surface area contributed by atoms with Gasteiger partial charge in [-0.25, -0.2) is 4.98 Å². The molecule has 2 atom stereocenters. The average Bonchev–Trinajstić information content (AvgIpc) is 2.86. The van der Waals surface area contributed by atoms with Crippen molar-refractivity contribution in [1.82, 2.24) is 9.55 Å². The summed E-state index contributed by atoms with van der Waals surface area (Å²) >= 11 is 0. The third kappa shape index (κ3) is 1.66. The summed E-state index contributed by atoms with van der Waals surface area (Å²) in [5, 5.41) is 0.594. The van der Waals surface area contributed by atoms with Gasteiger partial charge >= 0.3 is 0 Å². The second-order valence-corrected chi connectivity index (χ2v) is 6.29. The zero-order chi connectivity index (χ0) is 16.3. The number of ether oxygens (including phenoxy) is 2. The maximum absolute atomic E-state index is 13.1. The van der Waals surface area contributed by atoms with E-state index in [2.05, 4.69) is 0 Å². The minimum atomic E-state index is -1.10. The van der Waals surface area contributed by atoms with Crippen LogP contribution in [0.25, 0.3) is 16.6 Å². The quantitative estimate of drug-likeness (QED) is 0.639. The Bertz CT molecular complexity index is 1030. The number of rotatable bonds is 0. The lowest BCUT2D eigenvalue weighted by Crippen LogP contribution is -2.42. The van der Waals surface area contributed by atoms with E-state index in [1.165, 1.54) is 0 Å². The van der Waals surface area contributed by atoms with E-state index < -0.39 is 5.79 Å². The van der Waals surface area contributed by atoms with Crippen molar-refractivity contribution in [2.75, 3.05) is 6.61 Å². The Morgan fingerprint density at radius 2 is 1.96 bits per heavy atom. The second-order valence-electron chi connectivity index (χ2n) is 6.29. The third-order valence-corrected chi connectivity index (χ3v) is 4.77. The largest absolute Gasteiger partial charge is 0.340 e. The van der Waals surface area contributed by atoms with Gasteiger partial charge in [0.15, 0.2) is 5.82 Å². The Kier molecular flexibility index (Phi) is 2.75. The zero-order valence-electron chi connectivity index (χ0n) is 13.2. The van der Waals surface area contributed by atoms with E-state index in [4.69, 9.17) is 14.5 Å². The molecule has 3 aromatic rings. The van der Waals surface area contributed by atoms with E-state index in [9.17, 15) is 4.79 Å². The molecule has 0 aliphatic carbocycles. The van der Waals surface area contributed by atoms with Gasteiger partial charge in [-0.1, -0.05) is 30.3 Å². The van der Waals surface area contributed by atoms with Crippen LogP contribution in [0.3, 0.4) is 0 Å². The zero-order valence-corrected chi connectivity index (χ0v) is 13.2. The molecule has 0 radical (unpaired) electrons. The van der Waals surface area contributed by atoms with E-state index in [0.717, 1.165) is 17.7 Å². The fourth-order valence-corrected chi connectivity index (χ4v) is 3.65. The number of fused-ring (bicyclic) bond motifs is 6. The first kappa shape index (κ1) is 13.9. The number of hydrogen-bond donors (Lipinski definition) is 0. The second kappa shape index (κ2) is 4.75. The standard InChI is InChI=1S/C19H16N2O3/c1-12-10-11-23-19(24-12)14-7-3-5-9-16(14)21-17(22)13-6-2-4-8-15(13)20-18(19)21/h2-9,12H,10-11H2,1H3. The Balaban J connectivity index is 1.92. The van der Waals surface area contributed by atoms with Crippen LogP contribution in [0.15, 0.2) is 53.3 Å². The molecule has 0 amide bonds. The van der Waals surface area contributed by atoms with Crippen molar-refractivity contribution in [3.8, 4) is 5.69 Å². The van der Waals surface area contributed by atoms with Crippen molar-refractivity contribution in [2.45, 2.75) is 25.2 Å². The lowest BCUT2D eigenvalue weighted by molar-refractivity contribution is -0.275. The van der Waals surface area contributed by atoms with Gasteiger partial charge in [0.25, 0.3) is 11.3 Å². The van der Waals surface area contributed by atoms with Crippen LogP contribution in [0.1, 0.15) is 24.7 Å². The first-order valence-corrected chi connectivity index (χ1v) is 8.15. The number of nitrogens with zero attached hydrogens (tertiary/aromatic N) is 2.